The van der Waals surface area contributed by atoms with Crippen LogP contribution in [0.5, 0.6) is 0 Å². The first kappa shape index (κ1) is 10.5. The van der Waals surface area contributed by atoms with E-state index in [0.717, 1.165) is 5.69 Å². The summed E-state index contributed by atoms with van der Waals surface area (Å²) in [5.41, 5.74) is 1.41. The molecule has 1 N–H and O–H groups in total. The van der Waals surface area contributed by atoms with Crippen LogP contribution in [0.25, 0.3) is 11.4 Å². The summed E-state index contributed by atoms with van der Waals surface area (Å²) in [5.74, 6) is 0.0829. The van der Waals surface area contributed by atoms with Crippen molar-refractivity contribution in [3.8, 4) is 11.4 Å². The molecule has 0 aliphatic carbocycles. The molecule has 1 heterocycles. The molecule has 0 spiro atoms. The summed E-state index contributed by atoms with van der Waals surface area (Å²) >= 11 is 11.8. The molecule has 0 aliphatic heterocycles. The van der Waals surface area contributed by atoms with Gasteiger partial charge in [-0.3, -0.25) is 0 Å². The number of aromatic nitrogens is 2. The van der Waals surface area contributed by atoms with E-state index in [2.05, 4.69) is 9.97 Å². The third-order valence-corrected chi connectivity index (χ3v) is 2.54. The number of aromatic amines is 1. The first-order valence-corrected chi connectivity index (χ1v) is 5.00. The van der Waals surface area contributed by atoms with Crippen molar-refractivity contribution in [1.82, 2.24) is 9.97 Å². The van der Waals surface area contributed by atoms with Crippen molar-refractivity contribution in [3.05, 3.63) is 39.9 Å². The zero-order valence-electron chi connectivity index (χ0n) is 7.81. The van der Waals surface area contributed by atoms with Gasteiger partial charge in [-0.2, -0.15) is 0 Å². The Balaban J connectivity index is 2.62. The summed E-state index contributed by atoms with van der Waals surface area (Å²) in [6, 6.07) is 2.42. The molecule has 1 aromatic heterocycles. The van der Waals surface area contributed by atoms with Gasteiger partial charge in [0.15, 0.2) is 0 Å². The number of nitrogens with one attached hydrogen (secondary N) is 1. The zero-order chi connectivity index (χ0) is 11.0. The van der Waals surface area contributed by atoms with E-state index in [1.165, 1.54) is 12.1 Å². The highest BCUT2D eigenvalue weighted by Gasteiger charge is 2.12. The topological polar surface area (TPSA) is 28.7 Å². The summed E-state index contributed by atoms with van der Waals surface area (Å²) in [6.07, 6.45) is 1.66. The number of benzene rings is 1. The summed E-state index contributed by atoms with van der Waals surface area (Å²) in [7, 11) is 0. The fourth-order valence-electron chi connectivity index (χ4n) is 1.31. The van der Waals surface area contributed by atoms with Gasteiger partial charge in [-0.05, 0) is 19.1 Å². The number of aryl methyl sites for hydroxylation is 1. The number of hydrogen-bond acceptors (Lipinski definition) is 1. The van der Waals surface area contributed by atoms with E-state index in [9.17, 15) is 4.39 Å². The SMILES string of the molecule is Cc1cnc(-c2c(Cl)cc(F)cc2Cl)[nH]1. The Hall–Kier alpha value is -1.06. The smallest absolute Gasteiger partial charge is 0.140 e. The lowest BCUT2D eigenvalue weighted by atomic mass is 10.2. The maximum atomic E-state index is 12.9. The van der Waals surface area contributed by atoms with E-state index in [4.69, 9.17) is 23.2 Å². The first-order valence-electron chi connectivity index (χ1n) is 4.24. The molecule has 0 atom stereocenters. The van der Waals surface area contributed by atoms with Gasteiger partial charge in [-0.1, -0.05) is 23.2 Å². The lowest BCUT2D eigenvalue weighted by Gasteiger charge is -2.03. The zero-order valence-corrected chi connectivity index (χ0v) is 9.33. The van der Waals surface area contributed by atoms with Gasteiger partial charge >= 0.3 is 0 Å². The Labute approximate surface area is 96.1 Å². The van der Waals surface area contributed by atoms with Gasteiger partial charge in [0.05, 0.1) is 15.6 Å². The summed E-state index contributed by atoms with van der Waals surface area (Å²) in [4.78, 5) is 7.08. The van der Waals surface area contributed by atoms with Crippen LogP contribution in [0.1, 0.15) is 5.69 Å². The van der Waals surface area contributed by atoms with Crippen molar-refractivity contribution in [2.75, 3.05) is 0 Å². The lowest BCUT2D eigenvalue weighted by molar-refractivity contribution is 0.628. The molecule has 0 fully saturated rings. The fourth-order valence-corrected chi connectivity index (χ4v) is 1.95. The Morgan fingerprint density at radius 1 is 1.27 bits per heavy atom. The number of nitrogens with zero attached hydrogens (tertiary/aromatic N) is 1. The van der Waals surface area contributed by atoms with Crippen molar-refractivity contribution in [2.45, 2.75) is 6.92 Å². The molecular weight excluding hydrogens is 238 g/mol. The molecule has 5 heteroatoms. The maximum absolute atomic E-state index is 12.9. The van der Waals surface area contributed by atoms with Crippen molar-refractivity contribution in [3.63, 3.8) is 0 Å². The van der Waals surface area contributed by atoms with Gasteiger partial charge in [0.25, 0.3) is 0 Å². The van der Waals surface area contributed by atoms with Gasteiger partial charge < -0.3 is 4.98 Å². The predicted octanol–water partition coefficient (Wildman–Crippen LogP) is 3.83. The molecule has 2 aromatic rings. The Kier molecular flexibility index (Phi) is 2.67. The number of imidazole rings is 1. The molecule has 0 aliphatic rings. The van der Waals surface area contributed by atoms with Crippen LogP contribution < -0.4 is 0 Å². The first-order chi connectivity index (χ1) is 7.08. The minimum atomic E-state index is -0.461. The average molecular weight is 245 g/mol. The Morgan fingerprint density at radius 2 is 1.87 bits per heavy atom. The van der Waals surface area contributed by atoms with E-state index in [-0.39, 0.29) is 10.0 Å². The molecule has 1 aromatic carbocycles. The standard InChI is InChI=1S/C10H7Cl2FN2/c1-5-4-14-10(15-5)9-7(11)2-6(13)3-8(9)12/h2-4H,1H3,(H,14,15). The molecule has 0 amide bonds. The summed E-state index contributed by atoms with van der Waals surface area (Å²) in [5, 5.41) is 0.490. The second-order valence-corrected chi connectivity index (χ2v) is 3.97. The van der Waals surface area contributed by atoms with Gasteiger partial charge in [0.2, 0.25) is 0 Å². The highest BCUT2D eigenvalue weighted by Crippen LogP contribution is 2.33. The third-order valence-electron chi connectivity index (χ3n) is 1.95. The number of hydrogen-bond donors (Lipinski definition) is 1. The van der Waals surface area contributed by atoms with E-state index < -0.39 is 5.82 Å². The highest BCUT2D eigenvalue weighted by atomic mass is 35.5. The van der Waals surface area contributed by atoms with E-state index in [0.29, 0.717) is 11.4 Å². The van der Waals surface area contributed by atoms with Gasteiger partial charge in [-0.15, -0.1) is 0 Å². The molecular formula is C10H7Cl2FN2. The second kappa shape index (κ2) is 3.83. The number of H-pyrrole nitrogens is 1. The molecule has 0 radical (unpaired) electrons. The Morgan fingerprint density at radius 3 is 2.33 bits per heavy atom. The largest absolute Gasteiger partial charge is 0.342 e. The van der Waals surface area contributed by atoms with Gasteiger partial charge in [0, 0.05) is 11.9 Å². The second-order valence-electron chi connectivity index (χ2n) is 3.16. The molecule has 2 rings (SSSR count). The van der Waals surface area contributed by atoms with Crippen molar-refractivity contribution >= 4 is 23.2 Å². The number of rotatable bonds is 1. The third kappa shape index (κ3) is 1.98. The van der Waals surface area contributed by atoms with Crippen LogP contribution in [0, 0.1) is 12.7 Å². The highest BCUT2D eigenvalue weighted by molar-refractivity contribution is 6.39. The van der Waals surface area contributed by atoms with E-state index >= 15 is 0 Å². The molecule has 0 saturated carbocycles. The van der Waals surface area contributed by atoms with Crippen LogP contribution in [0.2, 0.25) is 10.0 Å². The van der Waals surface area contributed by atoms with E-state index in [1.54, 1.807) is 6.20 Å². The monoisotopic (exact) mass is 244 g/mol. The minimum Gasteiger partial charge on any atom is -0.342 e. The van der Waals surface area contributed by atoms with Crippen LogP contribution in [0.15, 0.2) is 18.3 Å². The van der Waals surface area contributed by atoms with Crippen molar-refractivity contribution < 1.29 is 4.39 Å². The molecule has 15 heavy (non-hydrogen) atoms. The normalized spacial score (nSPS) is 10.7. The van der Waals surface area contributed by atoms with E-state index in [1.807, 2.05) is 6.92 Å². The van der Waals surface area contributed by atoms with Crippen LogP contribution in [-0.4, -0.2) is 9.97 Å². The predicted molar refractivity (Wildman–Crippen MR) is 58.7 cm³/mol. The molecule has 0 unspecified atom stereocenters. The molecule has 0 bridgehead atoms. The average Bonchev–Trinajstić information content (AvgIpc) is 2.49. The lowest BCUT2D eigenvalue weighted by Crippen LogP contribution is -1.86. The quantitative estimate of drug-likeness (QED) is 0.812. The minimum absolute atomic E-state index is 0.245. The van der Waals surface area contributed by atoms with Crippen LogP contribution in [0.4, 0.5) is 4.39 Å². The maximum Gasteiger partial charge on any atom is 0.140 e. The molecule has 78 valence electrons. The Bertz CT molecular complexity index is 485. The van der Waals surface area contributed by atoms with Crippen LogP contribution in [0.3, 0.4) is 0 Å². The fraction of sp³-hybridized carbons (Fsp3) is 0.100. The van der Waals surface area contributed by atoms with Crippen LogP contribution >= 0.6 is 23.2 Å². The van der Waals surface area contributed by atoms with Gasteiger partial charge in [-0.25, -0.2) is 9.37 Å². The number of halogens is 3. The van der Waals surface area contributed by atoms with Gasteiger partial charge in [0.1, 0.15) is 11.6 Å². The summed E-state index contributed by atoms with van der Waals surface area (Å²) < 4.78 is 12.9. The molecule has 2 nitrogen and oxygen atoms in total. The summed E-state index contributed by atoms with van der Waals surface area (Å²) in [6.45, 7) is 1.86. The van der Waals surface area contributed by atoms with Crippen molar-refractivity contribution in [2.24, 2.45) is 0 Å². The van der Waals surface area contributed by atoms with Crippen LogP contribution in [-0.2, 0) is 0 Å². The molecule has 0 saturated heterocycles. The van der Waals surface area contributed by atoms with Crippen molar-refractivity contribution in [1.29, 1.82) is 0 Å².